The van der Waals surface area contributed by atoms with Crippen molar-refractivity contribution < 1.29 is 18.8 Å². The molecular formula is C19H25N3O4. The third kappa shape index (κ3) is 3.99. The van der Waals surface area contributed by atoms with Crippen LogP contribution in [0.25, 0.3) is 11.3 Å². The third-order valence-electron chi connectivity index (χ3n) is 4.70. The van der Waals surface area contributed by atoms with Crippen LogP contribution in [-0.2, 0) is 4.74 Å². The fourth-order valence-corrected chi connectivity index (χ4v) is 3.09. The predicted octanol–water partition coefficient (Wildman–Crippen LogP) is 3.19. The van der Waals surface area contributed by atoms with Crippen molar-refractivity contribution in [1.29, 1.82) is 0 Å². The molecule has 1 atom stereocenters. The Kier molecular flexibility index (Phi) is 5.78. The SMILES string of the molecule is CCOC(=O)N1CCN(C(C)c2cc(-c3cccc(OC)c3)on2)CC1. The first-order valence-electron chi connectivity index (χ1n) is 8.89. The van der Waals surface area contributed by atoms with Crippen molar-refractivity contribution in [1.82, 2.24) is 15.0 Å². The molecule has 1 aliphatic rings. The lowest BCUT2D eigenvalue weighted by Gasteiger charge is -2.36. The lowest BCUT2D eigenvalue weighted by molar-refractivity contribution is 0.0675. The Bertz CT molecular complexity index is 738. The van der Waals surface area contributed by atoms with Crippen molar-refractivity contribution in [2.45, 2.75) is 19.9 Å². The number of aromatic nitrogens is 1. The van der Waals surface area contributed by atoms with Gasteiger partial charge >= 0.3 is 6.09 Å². The van der Waals surface area contributed by atoms with Crippen LogP contribution in [0.2, 0.25) is 0 Å². The van der Waals surface area contributed by atoms with E-state index < -0.39 is 0 Å². The fourth-order valence-electron chi connectivity index (χ4n) is 3.09. The lowest BCUT2D eigenvalue weighted by Crippen LogP contribution is -2.49. The molecule has 2 aromatic rings. The lowest BCUT2D eigenvalue weighted by atomic mass is 10.1. The molecule has 7 heteroatoms. The Hall–Kier alpha value is -2.54. The minimum atomic E-state index is -0.235. The van der Waals surface area contributed by atoms with Crippen LogP contribution in [0.3, 0.4) is 0 Å². The second-order valence-electron chi connectivity index (χ2n) is 6.25. The van der Waals surface area contributed by atoms with Gasteiger partial charge in [0.25, 0.3) is 0 Å². The summed E-state index contributed by atoms with van der Waals surface area (Å²) in [6.07, 6.45) is -0.235. The van der Waals surface area contributed by atoms with Crippen LogP contribution >= 0.6 is 0 Å². The van der Waals surface area contributed by atoms with Gasteiger partial charge < -0.3 is 18.9 Å². The molecule has 1 fully saturated rings. The number of amides is 1. The summed E-state index contributed by atoms with van der Waals surface area (Å²) < 4.78 is 15.9. The van der Waals surface area contributed by atoms with Crippen molar-refractivity contribution in [2.24, 2.45) is 0 Å². The van der Waals surface area contributed by atoms with E-state index in [1.54, 1.807) is 12.0 Å². The van der Waals surface area contributed by atoms with Crippen molar-refractivity contribution in [2.75, 3.05) is 39.9 Å². The predicted molar refractivity (Wildman–Crippen MR) is 97.1 cm³/mol. The number of nitrogens with zero attached hydrogens (tertiary/aromatic N) is 3. The first-order chi connectivity index (χ1) is 12.6. The molecule has 0 spiro atoms. The number of rotatable bonds is 5. The van der Waals surface area contributed by atoms with Gasteiger partial charge in [0.05, 0.1) is 19.8 Å². The van der Waals surface area contributed by atoms with Gasteiger partial charge in [0.15, 0.2) is 5.76 Å². The molecule has 0 saturated carbocycles. The zero-order chi connectivity index (χ0) is 18.5. The molecule has 0 N–H and O–H groups in total. The highest BCUT2D eigenvalue weighted by molar-refractivity contribution is 5.67. The average Bonchev–Trinajstić information content (AvgIpc) is 3.18. The summed E-state index contributed by atoms with van der Waals surface area (Å²) in [4.78, 5) is 15.8. The maximum absolute atomic E-state index is 11.8. The van der Waals surface area contributed by atoms with Gasteiger partial charge in [-0.25, -0.2) is 4.79 Å². The summed E-state index contributed by atoms with van der Waals surface area (Å²) in [5, 5.41) is 4.24. The summed E-state index contributed by atoms with van der Waals surface area (Å²) in [6, 6.07) is 9.79. The third-order valence-corrected chi connectivity index (χ3v) is 4.70. The summed E-state index contributed by atoms with van der Waals surface area (Å²) >= 11 is 0. The zero-order valence-electron chi connectivity index (χ0n) is 15.5. The summed E-state index contributed by atoms with van der Waals surface area (Å²) in [7, 11) is 1.64. The Morgan fingerprint density at radius 2 is 2.04 bits per heavy atom. The van der Waals surface area contributed by atoms with Crippen molar-refractivity contribution >= 4 is 6.09 Å². The van der Waals surface area contributed by atoms with Crippen LogP contribution < -0.4 is 4.74 Å². The number of hydrogen-bond acceptors (Lipinski definition) is 6. The molecule has 1 aromatic heterocycles. The Balaban J connectivity index is 1.63. The molecule has 26 heavy (non-hydrogen) atoms. The van der Waals surface area contributed by atoms with Gasteiger partial charge in [0, 0.05) is 37.8 Å². The molecule has 3 rings (SSSR count). The quantitative estimate of drug-likeness (QED) is 0.817. The molecule has 140 valence electrons. The van der Waals surface area contributed by atoms with E-state index >= 15 is 0 Å². The Morgan fingerprint density at radius 1 is 1.27 bits per heavy atom. The van der Waals surface area contributed by atoms with Crippen molar-refractivity contribution in [3.8, 4) is 17.1 Å². The van der Waals surface area contributed by atoms with Crippen molar-refractivity contribution in [3.05, 3.63) is 36.0 Å². The molecule has 2 heterocycles. The maximum atomic E-state index is 11.8. The molecule has 7 nitrogen and oxygen atoms in total. The van der Waals surface area contributed by atoms with E-state index in [0.29, 0.717) is 19.7 Å². The van der Waals surface area contributed by atoms with E-state index in [-0.39, 0.29) is 12.1 Å². The first-order valence-corrected chi connectivity index (χ1v) is 8.89. The van der Waals surface area contributed by atoms with Gasteiger partial charge in [-0.05, 0) is 26.0 Å². The Morgan fingerprint density at radius 3 is 2.73 bits per heavy atom. The number of carbonyl (C=O) groups is 1. The maximum Gasteiger partial charge on any atom is 0.409 e. The van der Waals surface area contributed by atoms with Crippen LogP contribution in [0.4, 0.5) is 4.79 Å². The topological polar surface area (TPSA) is 68.0 Å². The minimum Gasteiger partial charge on any atom is -0.497 e. The van der Waals surface area contributed by atoms with E-state index in [1.807, 2.05) is 37.3 Å². The summed E-state index contributed by atoms with van der Waals surface area (Å²) in [5.41, 5.74) is 1.81. The van der Waals surface area contributed by atoms with Crippen LogP contribution in [0, 0.1) is 0 Å². The molecule has 0 radical (unpaired) electrons. The Labute approximate surface area is 153 Å². The molecule has 0 aliphatic carbocycles. The number of hydrogen-bond donors (Lipinski definition) is 0. The number of benzene rings is 1. The monoisotopic (exact) mass is 359 g/mol. The molecule has 1 aliphatic heterocycles. The van der Waals surface area contributed by atoms with Crippen LogP contribution in [0.1, 0.15) is 25.6 Å². The molecule has 0 bridgehead atoms. The standard InChI is InChI=1S/C19H25N3O4/c1-4-25-19(23)22-10-8-21(9-11-22)14(2)17-13-18(26-20-17)15-6-5-7-16(12-15)24-3/h5-7,12-14H,4,8-11H2,1-3H3. The minimum absolute atomic E-state index is 0.113. The summed E-state index contributed by atoms with van der Waals surface area (Å²) in [6.45, 7) is 7.20. The van der Waals surface area contributed by atoms with Gasteiger partial charge in [-0.15, -0.1) is 0 Å². The molecule has 1 unspecified atom stereocenters. The molecule has 1 saturated heterocycles. The molecular weight excluding hydrogens is 334 g/mol. The van der Waals surface area contributed by atoms with Gasteiger partial charge in [-0.3, -0.25) is 4.90 Å². The second-order valence-corrected chi connectivity index (χ2v) is 6.25. The average molecular weight is 359 g/mol. The largest absolute Gasteiger partial charge is 0.497 e. The number of piperazine rings is 1. The number of ether oxygens (including phenoxy) is 2. The van der Waals surface area contributed by atoms with E-state index in [4.69, 9.17) is 14.0 Å². The van der Waals surface area contributed by atoms with Crippen LogP contribution in [0.5, 0.6) is 5.75 Å². The fraction of sp³-hybridized carbons (Fsp3) is 0.474. The van der Waals surface area contributed by atoms with Crippen LogP contribution in [-0.4, -0.2) is 60.9 Å². The highest BCUT2D eigenvalue weighted by Gasteiger charge is 2.27. The smallest absolute Gasteiger partial charge is 0.409 e. The van der Waals surface area contributed by atoms with Gasteiger partial charge in [-0.1, -0.05) is 17.3 Å². The van der Waals surface area contributed by atoms with Crippen LogP contribution in [0.15, 0.2) is 34.9 Å². The summed E-state index contributed by atoms with van der Waals surface area (Å²) in [5.74, 6) is 1.50. The van der Waals surface area contributed by atoms with E-state index in [9.17, 15) is 4.79 Å². The zero-order valence-corrected chi connectivity index (χ0v) is 15.5. The molecule has 1 aromatic carbocycles. The van der Waals surface area contributed by atoms with Gasteiger partial charge in [0.1, 0.15) is 11.4 Å². The highest BCUT2D eigenvalue weighted by atomic mass is 16.6. The highest BCUT2D eigenvalue weighted by Crippen LogP contribution is 2.28. The van der Waals surface area contributed by atoms with Gasteiger partial charge in [-0.2, -0.15) is 0 Å². The van der Waals surface area contributed by atoms with E-state index in [1.165, 1.54) is 0 Å². The number of methoxy groups -OCH3 is 1. The van der Waals surface area contributed by atoms with E-state index in [0.717, 1.165) is 35.9 Å². The van der Waals surface area contributed by atoms with Crippen molar-refractivity contribution in [3.63, 3.8) is 0 Å². The van der Waals surface area contributed by atoms with Gasteiger partial charge in [0.2, 0.25) is 0 Å². The normalized spacial score (nSPS) is 16.3. The van der Waals surface area contributed by atoms with E-state index in [2.05, 4.69) is 17.0 Å². The molecule has 1 amide bonds. The first kappa shape index (κ1) is 18.3. The second kappa shape index (κ2) is 8.23. The number of carbonyl (C=O) groups excluding carboxylic acids is 1.